The van der Waals surface area contributed by atoms with Crippen molar-refractivity contribution in [1.29, 1.82) is 0 Å². The van der Waals surface area contributed by atoms with Crippen molar-refractivity contribution in [2.45, 2.75) is 62.8 Å². The maximum Gasteiger partial charge on any atom is 0.254 e. The lowest BCUT2D eigenvalue weighted by atomic mass is 9.96. The number of hydrogen-bond donors (Lipinski definition) is 3. The smallest absolute Gasteiger partial charge is 0.254 e. The van der Waals surface area contributed by atoms with Gasteiger partial charge in [0.2, 0.25) is 0 Å². The maximum absolute atomic E-state index is 14.1. The monoisotopic (exact) mass is 615 g/mol. The maximum atomic E-state index is 14.1. The van der Waals surface area contributed by atoms with Gasteiger partial charge in [-0.2, -0.15) is 0 Å². The van der Waals surface area contributed by atoms with E-state index in [0.29, 0.717) is 18.7 Å². The van der Waals surface area contributed by atoms with Gasteiger partial charge in [-0.1, -0.05) is 24.1 Å². The van der Waals surface area contributed by atoms with Gasteiger partial charge in [0.1, 0.15) is 11.6 Å². The van der Waals surface area contributed by atoms with Crippen molar-refractivity contribution < 1.29 is 28.2 Å². The van der Waals surface area contributed by atoms with E-state index in [-0.39, 0.29) is 36.0 Å². The van der Waals surface area contributed by atoms with Crippen molar-refractivity contribution in [1.82, 2.24) is 15.5 Å². The van der Waals surface area contributed by atoms with Crippen LogP contribution in [0.3, 0.4) is 0 Å². The van der Waals surface area contributed by atoms with Gasteiger partial charge >= 0.3 is 0 Å². The summed E-state index contributed by atoms with van der Waals surface area (Å²) in [6.45, 7) is 2.95. The molecule has 0 aromatic heterocycles. The minimum Gasteiger partial charge on any atom is -0.390 e. The van der Waals surface area contributed by atoms with Crippen LogP contribution in [0, 0.1) is 30.9 Å². The molecule has 0 spiro atoms. The quantitative estimate of drug-likeness (QED) is 0.262. The first-order chi connectivity index (χ1) is 21.6. The number of aryl methyl sites for hydroxylation is 1. The molecule has 3 N–H and O–H groups in total. The van der Waals surface area contributed by atoms with Gasteiger partial charge in [0.15, 0.2) is 0 Å². The van der Waals surface area contributed by atoms with Crippen LogP contribution in [0.25, 0.3) is 0 Å². The van der Waals surface area contributed by atoms with E-state index in [4.69, 9.17) is 11.2 Å². The number of nitrogens with one attached hydrogen (secondary N) is 2. The number of methoxy groups -OCH3 is 1. The number of aliphatic hydroxyl groups is 1. The summed E-state index contributed by atoms with van der Waals surface area (Å²) in [5.74, 6) is 0.534. The largest absolute Gasteiger partial charge is 0.390 e. The van der Waals surface area contributed by atoms with Gasteiger partial charge in [0.05, 0.1) is 24.8 Å². The summed E-state index contributed by atoms with van der Waals surface area (Å²) in [6.07, 6.45) is 7.96. The van der Waals surface area contributed by atoms with E-state index in [1.165, 1.54) is 12.1 Å². The Morgan fingerprint density at radius 1 is 1.11 bits per heavy atom. The second-order valence-corrected chi connectivity index (χ2v) is 12.1. The van der Waals surface area contributed by atoms with Crippen LogP contribution in [0.4, 0.5) is 8.78 Å². The van der Waals surface area contributed by atoms with Crippen LogP contribution in [0.15, 0.2) is 60.7 Å². The Morgan fingerprint density at radius 2 is 1.82 bits per heavy atom. The molecule has 2 amide bonds. The van der Waals surface area contributed by atoms with E-state index >= 15 is 0 Å². The van der Waals surface area contributed by atoms with Crippen LogP contribution in [0.1, 0.15) is 68.7 Å². The first-order valence-corrected chi connectivity index (χ1v) is 15.3. The molecule has 3 aromatic rings. The minimum absolute atomic E-state index is 0.0265. The third-order valence-corrected chi connectivity index (χ3v) is 8.74. The molecule has 236 valence electrons. The zero-order chi connectivity index (χ0) is 32.1. The predicted molar refractivity (Wildman–Crippen MR) is 168 cm³/mol. The summed E-state index contributed by atoms with van der Waals surface area (Å²) in [4.78, 5) is 28.9. The van der Waals surface area contributed by atoms with E-state index in [2.05, 4.69) is 16.6 Å². The van der Waals surface area contributed by atoms with Crippen LogP contribution in [0.5, 0.6) is 0 Å². The summed E-state index contributed by atoms with van der Waals surface area (Å²) >= 11 is 0. The molecular formula is C36H39F2N3O4. The Kier molecular flexibility index (Phi) is 9.98. The zero-order valence-corrected chi connectivity index (χ0v) is 25.6. The minimum atomic E-state index is -1.12. The van der Waals surface area contributed by atoms with Gasteiger partial charge in [-0.3, -0.25) is 9.59 Å². The van der Waals surface area contributed by atoms with Crippen molar-refractivity contribution >= 4 is 11.8 Å². The molecule has 3 aromatic carbocycles. The van der Waals surface area contributed by atoms with Gasteiger partial charge in [0, 0.05) is 48.5 Å². The number of hydrogen-bond acceptors (Lipinski definition) is 5. The fourth-order valence-electron chi connectivity index (χ4n) is 6.32. The topological polar surface area (TPSA) is 90.9 Å². The highest BCUT2D eigenvalue weighted by Crippen LogP contribution is 2.46. The van der Waals surface area contributed by atoms with E-state index in [1.54, 1.807) is 37.1 Å². The number of carbonyl (C=O) groups excluding carboxylic acids is 2. The third kappa shape index (κ3) is 7.59. The Balaban J connectivity index is 1.36. The van der Waals surface area contributed by atoms with Crippen molar-refractivity contribution in [3.8, 4) is 12.3 Å². The number of rotatable bonds is 12. The highest BCUT2D eigenvalue weighted by Gasteiger charge is 2.45. The lowest BCUT2D eigenvalue weighted by Gasteiger charge is -2.28. The Hall–Kier alpha value is -4.10. The van der Waals surface area contributed by atoms with Crippen LogP contribution >= 0.6 is 0 Å². The number of aliphatic hydroxyl groups excluding tert-OH is 1. The summed E-state index contributed by atoms with van der Waals surface area (Å²) < 4.78 is 33.5. The Morgan fingerprint density at radius 3 is 2.51 bits per heavy atom. The molecule has 1 aliphatic heterocycles. The number of nitrogens with zero attached hydrogens (tertiary/aromatic N) is 1. The molecule has 1 aliphatic carbocycles. The molecule has 0 radical (unpaired) electrons. The molecule has 0 bridgehead atoms. The molecular weight excluding hydrogens is 576 g/mol. The summed E-state index contributed by atoms with van der Waals surface area (Å²) in [7, 11) is 1.61. The standard InChI is InChI=1S/C36H39F2N3O4/c1-4-25-8-5-6-10-31(25)36(11-12-36)39-21-33(42)32(18-24-16-28(37)20-29(38)17-24)40-34(43)26-14-23(2)15-27(19-26)35(44)41-13-7-9-30(41)22-45-3/h1,5-6,8,10,14-17,19-20,30,32-33,39,42H,7,9,11-13,18,21-22H2,2-3H3,(H,40,43)/t30-,32+,33-/m1/s1. The van der Waals surface area contributed by atoms with Crippen LogP contribution < -0.4 is 10.6 Å². The number of amides is 2. The molecule has 1 heterocycles. The van der Waals surface area contributed by atoms with Gasteiger partial charge in [-0.05, 0) is 92.1 Å². The lowest BCUT2D eigenvalue weighted by molar-refractivity contribution is 0.0630. The molecule has 2 aliphatic rings. The van der Waals surface area contributed by atoms with E-state index in [0.717, 1.165) is 48.4 Å². The normalized spacial score (nSPS) is 18.2. The van der Waals surface area contributed by atoms with Crippen LogP contribution in [0.2, 0.25) is 0 Å². The SMILES string of the molecule is C#Cc1ccccc1C1(NC[C@@H](O)[C@H](Cc2cc(F)cc(F)c2)NC(=O)c2cc(C)cc(C(=O)N3CCC[C@@H]3COC)c2)CC1. The third-order valence-electron chi connectivity index (χ3n) is 8.74. The fraction of sp³-hybridized carbons (Fsp3) is 0.389. The van der Waals surface area contributed by atoms with Crippen molar-refractivity contribution in [2.75, 3.05) is 26.8 Å². The average Bonchev–Trinajstić information content (AvgIpc) is 3.67. The number of likely N-dealkylation sites (tertiary alicyclic amines) is 1. The number of terminal acetylenes is 1. The second kappa shape index (κ2) is 13.9. The molecule has 9 heteroatoms. The number of benzene rings is 3. The van der Waals surface area contributed by atoms with Crippen LogP contribution in [-0.2, 0) is 16.7 Å². The predicted octanol–water partition coefficient (Wildman–Crippen LogP) is 4.49. The van der Waals surface area contributed by atoms with E-state index in [1.807, 2.05) is 24.3 Å². The number of ether oxygens (including phenoxy) is 1. The fourth-order valence-corrected chi connectivity index (χ4v) is 6.32. The van der Waals surface area contributed by atoms with Crippen molar-refractivity contribution in [3.05, 3.63) is 106 Å². The molecule has 1 saturated heterocycles. The first-order valence-electron chi connectivity index (χ1n) is 15.3. The summed E-state index contributed by atoms with van der Waals surface area (Å²) in [5, 5.41) is 17.7. The molecule has 0 unspecified atom stereocenters. The molecule has 2 fully saturated rings. The Bertz CT molecular complexity index is 1580. The summed E-state index contributed by atoms with van der Waals surface area (Å²) in [5.41, 5.74) is 2.98. The van der Waals surface area contributed by atoms with Crippen molar-refractivity contribution in [2.24, 2.45) is 0 Å². The first kappa shape index (κ1) is 32.3. The lowest BCUT2D eigenvalue weighted by Crippen LogP contribution is -2.50. The van der Waals surface area contributed by atoms with Gasteiger partial charge < -0.3 is 25.4 Å². The Labute approximate surface area is 263 Å². The molecule has 1 saturated carbocycles. The van der Waals surface area contributed by atoms with Gasteiger partial charge in [-0.15, -0.1) is 6.42 Å². The van der Waals surface area contributed by atoms with E-state index in [9.17, 15) is 23.5 Å². The second-order valence-electron chi connectivity index (χ2n) is 12.1. The van der Waals surface area contributed by atoms with Gasteiger partial charge in [0.25, 0.3) is 11.8 Å². The zero-order valence-electron chi connectivity index (χ0n) is 25.6. The molecule has 3 atom stereocenters. The molecule has 5 rings (SSSR count). The summed E-state index contributed by atoms with van der Waals surface area (Å²) in [6, 6.07) is 14.8. The number of carbonyl (C=O) groups is 2. The van der Waals surface area contributed by atoms with Crippen molar-refractivity contribution in [3.63, 3.8) is 0 Å². The van der Waals surface area contributed by atoms with Gasteiger partial charge in [-0.25, -0.2) is 8.78 Å². The molecule has 45 heavy (non-hydrogen) atoms. The highest BCUT2D eigenvalue weighted by atomic mass is 19.1. The number of halogens is 2. The average molecular weight is 616 g/mol. The van der Waals surface area contributed by atoms with E-state index < -0.39 is 35.2 Å². The molecule has 7 nitrogen and oxygen atoms in total. The van der Waals surface area contributed by atoms with Crippen LogP contribution in [-0.4, -0.2) is 66.8 Å². The highest BCUT2D eigenvalue weighted by molar-refractivity contribution is 6.00.